The number of ether oxygens (including phenoxy) is 1. The van der Waals surface area contributed by atoms with E-state index in [1.54, 1.807) is 7.11 Å². The van der Waals surface area contributed by atoms with Crippen LogP contribution in [0.2, 0.25) is 0 Å². The van der Waals surface area contributed by atoms with E-state index in [9.17, 15) is 0 Å². The van der Waals surface area contributed by atoms with Crippen molar-refractivity contribution in [3.63, 3.8) is 0 Å². The lowest BCUT2D eigenvalue weighted by Gasteiger charge is -2.26. The highest BCUT2D eigenvalue weighted by atomic mass is 16.5. The van der Waals surface area contributed by atoms with Crippen LogP contribution < -0.4 is 16.2 Å². The summed E-state index contributed by atoms with van der Waals surface area (Å²) in [5, 5.41) is 0. The molecule has 2 unspecified atom stereocenters. The molecular weight excluding hydrogens is 224 g/mol. The molecular formula is C15H26N2O. The largest absolute Gasteiger partial charge is 0.496 e. The normalized spacial score (nSPS) is 14.4. The van der Waals surface area contributed by atoms with Crippen LogP contribution in [0.1, 0.15) is 41.6 Å². The topological polar surface area (TPSA) is 61.3 Å². The molecule has 1 rings (SSSR count). The molecule has 0 spiro atoms. The monoisotopic (exact) mass is 250 g/mol. The maximum Gasteiger partial charge on any atom is 0.122 e. The maximum atomic E-state index is 6.40. The fourth-order valence-electron chi connectivity index (χ4n) is 2.59. The van der Waals surface area contributed by atoms with Crippen LogP contribution in [0.3, 0.4) is 0 Å². The van der Waals surface area contributed by atoms with Crippen molar-refractivity contribution >= 4 is 0 Å². The Kier molecular flexibility index (Phi) is 5.17. The van der Waals surface area contributed by atoms with E-state index in [1.807, 2.05) is 0 Å². The van der Waals surface area contributed by atoms with E-state index in [0.29, 0.717) is 12.5 Å². The summed E-state index contributed by atoms with van der Waals surface area (Å²) in [5.74, 6) is 1.26. The predicted molar refractivity (Wildman–Crippen MR) is 77.0 cm³/mol. The number of hydrogen-bond acceptors (Lipinski definition) is 3. The molecule has 0 aliphatic heterocycles. The lowest BCUT2D eigenvalue weighted by molar-refractivity contribution is 0.406. The average Bonchev–Trinajstić information content (AvgIpc) is 2.35. The van der Waals surface area contributed by atoms with E-state index in [2.05, 4.69) is 33.8 Å². The van der Waals surface area contributed by atoms with Gasteiger partial charge in [-0.25, -0.2) is 0 Å². The first kappa shape index (κ1) is 15.0. The van der Waals surface area contributed by atoms with E-state index in [0.717, 1.165) is 12.2 Å². The molecule has 0 saturated carbocycles. The second kappa shape index (κ2) is 6.21. The number of aryl methyl sites for hydroxylation is 1. The van der Waals surface area contributed by atoms with Gasteiger partial charge in [-0.05, 0) is 61.6 Å². The van der Waals surface area contributed by atoms with Crippen molar-refractivity contribution in [3.05, 3.63) is 28.3 Å². The quantitative estimate of drug-likeness (QED) is 0.844. The molecule has 0 saturated heterocycles. The Balaban J connectivity index is 3.28. The molecule has 0 aliphatic rings. The third-order valence-electron chi connectivity index (χ3n) is 4.00. The Morgan fingerprint density at radius 1 is 1.22 bits per heavy atom. The molecule has 0 aliphatic carbocycles. The molecule has 0 bridgehead atoms. The first-order valence-electron chi connectivity index (χ1n) is 6.58. The zero-order valence-corrected chi connectivity index (χ0v) is 12.2. The zero-order chi connectivity index (χ0) is 13.9. The number of benzene rings is 1. The van der Waals surface area contributed by atoms with E-state index >= 15 is 0 Å². The summed E-state index contributed by atoms with van der Waals surface area (Å²) in [7, 11) is 1.70. The molecule has 0 aromatic heterocycles. The van der Waals surface area contributed by atoms with Gasteiger partial charge in [-0.3, -0.25) is 0 Å². The maximum absolute atomic E-state index is 6.40. The minimum Gasteiger partial charge on any atom is -0.496 e. The fourth-order valence-corrected chi connectivity index (χ4v) is 2.59. The highest BCUT2D eigenvalue weighted by molar-refractivity contribution is 5.49. The van der Waals surface area contributed by atoms with E-state index in [-0.39, 0.29) is 6.04 Å². The first-order chi connectivity index (χ1) is 8.47. The number of rotatable bonds is 5. The Labute approximate surface area is 111 Å². The van der Waals surface area contributed by atoms with Gasteiger partial charge in [0, 0.05) is 6.04 Å². The van der Waals surface area contributed by atoms with Crippen LogP contribution in [0.15, 0.2) is 6.07 Å². The summed E-state index contributed by atoms with van der Waals surface area (Å²) in [6, 6.07) is 2.07. The van der Waals surface area contributed by atoms with Gasteiger partial charge in [-0.1, -0.05) is 13.3 Å². The second-order valence-electron chi connectivity index (χ2n) is 4.99. The lowest BCUT2D eigenvalue weighted by Crippen LogP contribution is -2.29. The minimum atomic E-state index is 0.00426. The Hall–Kier alpha value is -1.06. The molecule has 18 heavy (non-hydrogen) atoms. The van der Waals surface area contributed by atoms with Crippen molar-refractivity contribution in [2.24, 2.45) is 17.4 Å². The summed E-state index contributed by atoms with van der Waals surface area (Å²) in [5.41, 5.74) is 17.0. The second-order valence-corrected chi connectivity index (χ2v) is 4.99. The van der Waals surface area contributed by atoms with Gasteiger partial charge in [0.1, 0.15) is 5.75 Å². The first-order valence-corrected chi connectivity index (χ1v) is 6.58. The third-order valence-corrected chi connectivity index (χ3v) is 4.00. The van der Waals surface area contributed by atoms with Gasteiger partial charge in [0.05, 0.1) is 7.11 Å². The van der Waals surface area contributed by atoms with E-state index in [1.165, 1.54) is 22.3 Å². The number of hydrogen-bond donors (Lipinski definition) is 2. The van der Waals surface area contributed by atoms with Gasteiger partial charge < -0.3 is 16.2 Å². The molecule has 3 nitrogen and oxygen atoms in total. The van der Waals surface area contributed by atoms with Crippen LogP contribution in [0, 0.1) is 26.7 Å². The highest BCUT2D eigenvalue weighted by Crippen LogP contribution is 2.33. The smallest absolute Gasteiger partial charge is 0.122 e. The van der Waals surface area contributed by atoms with Crippen LogP contribution in [-0.4, -0.2) is 13.7 Å². The van der Waals surface area contributed by atoms with Crippen LogP contribution in [0.5, 0.6) is 5.75 Å². The molecule has 102 valence electrons. The predicted octanol–water partition coefficient (Wildman–Crippen LogP) is 2.61. The van der Waals surface area contributed by atoms with Gasteiger partial charge in [0.2, 0.25) is 0 Å². The van der Waals surface area contributed by atoms with E-state index in [4.69, 9.17) is 16.2 Å². The van der Waals surface area contributed by atoms with Crippen molar-refractivity contribution in [1.82, 2.24) is 0 Å². The van der Waals surface area contributed by atoms with Crippen molar-refractivity contribution in [3.8, 4) is 5.75 Å². The summed E-state index contributed by atoms with van der Waals surface area (Å²) < 4.78 is 5.39. The molecule has 0 radical (unpaired) electrons. The van der Waals surface area contributed by atoms with Crippen LogP contribution in [0.4, 0.5) is 0 Å². The molecule has 2 atom stereocenters. The van der Waals surface area contributed by atoms with E-state index < -0.39 is 0 Å². The van der Waals surface area contributed by atoms with Crippen molar-refractivity contribution in [1.29, 1.82) is 0 Å². The van der Waals surface area contributed by atoms with Gasteiger partial charge in [0.25, 0.3) is 0 Å². The van der Waals surface area contributed by atoms with Gasteiger partial charge in [-0.2, -0.15) is 0 Å². The lowest BCUT2D eigenvalue weighted by atomic mass is 9.85. The summed E-state index contributed by atoms with van der Waals surface area (Å²) in [6.07, 6.45) is 1.00. The minimum absolute atomic E-state index is 0.00426. The average molecular weight is 250 g/mol. The summed E-state index contributed by atoms with van der Waals surface area (Å²) in [6.45, 7) is 9.05. The Bertz CT molecular complexity index is 411. The molecule has 3 heteroatoms. The van der Waals surface area contributed by atoms with Crippen molar-refractivity contribution in [2.75, 3.05) is 13.7 Å². The molecule has 0 heterocycles. The van der Waals surface area contributed by atoms with Gasteiger partial charge >= 0.3 is 0 Å². The van der Waals surface area contributed by atoms with Crippen molar-refractivity contribution in [2.45, 2.75) is 40.2 Å². The number of methoxy groups -OCH3 is 1. The Morgan fingerprint density at radius 2 is 1.83 bits per heavy atom. The van der Waals surface area contributed by atoms with Crippen LogP contribution in [0.25, 0.3) is 0 Å². The third kappa shape index (κ3) is 2.68. The Morgan fingerprint density at radius 3 is 2.28 bits per heavy atom. The number of nitrogens with two attached hydrogens (primary N) is 2. The molecule has 0 fully saturated rings. The molecule has 0 amide bonds. The highest BCUT2D eigenvalue weighted by Gasteiger charge is 2.22. The van der Waals surface area contributed by atoms with Crippen molar-refractivity contribution < 1.29 is 4.74 Å². The van der Waals surface area contributed by atoms with Gasteiger partial charge in [0.15, 0.2) is 0 Å². The van der Waals surface area contributed by atoms with Gasteiger partial charge in [-0.15, -0.1) is 0 Å². The SMILES string of the molecule is CCC(CN)C(N)c1c(C)cc(OC)c(C)c1C. The molecule has 1 aromatic carbocycles. The van der Waals surface area contributed by atoms with Crippen LogP contribution >= 0.6 is 0 Å². The molecule has 4 N–H and O–H groups in total. The summed E-state index contributed by atoms with van der Waals surface area (Å²) in [4.78, 5) is 0. The zero-order valence-electron chi connectivity index (χ0n) is 12.2. The standard InChI is InChI=1S/C15H26N2O/c1-6-12(8-16)15(17)14-9(2)7-13(18-5)10(3)11(14)4/h7,12,15H,6,8,16-17H2,1-5H3. The fraction of sp³-hybridized carbons (Fsp3) is 0.600. The molecule has 1 aromatic rings. The summed E-state index contributed by atoms with van der Waals surface area (Å²) >= 11 is 0. The van der Waals surface area contributed by atoms with Crippen LogP contribution in [-0.2, 0) is 0 Å².